The Labute approximate surface area is 99.6 Å². The van der Waals surface area contributed by atoms with Crippen molar-refractivity contribution >= 4 is 23.3 Å². The van der Waals surface area contributed by atoms with Crippen LogP contribution in [0, 0.1) is 6.92 Å². The van der Waals surface area contributed by atoms with Crippen molar-refractivity contribution in [3.8, 4) is 0 Å². The van der Waals surface area contributed by atoms with E-state index in [1.165, 1.54) is 0 Å². The minimum atomic E-state index is -0.319. The molecule has 0 aliphatic carbocycles. The lowest BCUT2D eigenvalue weighted by Crippen LogP contribution is -2.30. The number of nitrogens with one attached hydrogen (secondary N) is 2. The summed E-state index contributed by atoms with van der Waals surface area (Å²) in [5, 5.41) is 14.4. The number of carbonyl (C=O) groups is 1. The van der Waals surface area contributed by atoms with Crippen molar-refractivity contribution in [1.82, 2.24) is 5.32 Å². The summed E-state index contributed by atoms with van der Waals surface area (Å²) in [4.78, 5) is 11.4. The van der Waals surface area contributed by atoms with Crippen molar-refractivity contribution in [1.29, 1.82) is 0 Å². The highest BCUT2D eigenvalue weighted by atomic mass is 35.5. The van der Waals surface area contributed by atoms with Gasteiger partial charge in [-0.25, -0.2) is 4.79 Å². The number of benzene rings is 1. The number of aliphatic hydroxyl groups excluding tert-OH is 1. The lowest BCUT2D eigenvalue weighted by atomic mass is 10.2. The third-order valence-corrected chi connectivity index (χ3v) is 2.56. The average Bonchev–Trinajstić information content (AvgIpc) is 2.25. The third-order valence-electron chi connectivity index (χ3n) is 2.06. The number of hydrogen-bond acceptors (Lipinski definition) is 2. The highest BCUT2D eigenvalue weighted by Gasteiger charge is 2.05. The van der Waals surface area contributed by atoms with Crippen molar-refractivity contribution < 1.29 is 9.90 Å². The fourth-order valence-corrected chi connectivity index (χ4v) is 1.36. The molecule has 0 aliphatic rings. The molecule has 0 radical (unpaired) electrons. The van der Waals surface area contributed by atoms with Crippen LogP contribution >= 0.6 is 11.6 Å². The molecule has 2 amide bonds. The van der Waals surface area contributed by atoms with E-state index in [2.05, 4.69) is 10.6 Å². The summed E-state index contributed by atoms with van der Waals surface area (Å²) in [5.74, 6) is 0. The van der Waals surface area contributed by atoms with Gasteiger partial charge in [0.15, 0.2) is 0 Å². The lowest BCUT2D eigenvalue weighted by molar-refractivity contribution is 0.249. The normalized spacial score (nSPS) is 9.94. The van der Waals surface area contributed by atoms with E-state index in [1.807, 2.05) is 19.1 Å². The average molecular weight is 243 g/mol. The molecular formula is C11H15ClN2O2. The highest BCUT2D eigenvalue weighted by molar-refractivity contribution is 6.34. The monoisotopic (exact) mass is 242 g/mol. The largest absolute Gasteiger partial charge is 0.396 e. The first-order valence-corrected chi connectivity index (χ1v) is 5.43. The topological polar surface area (TPSA) is 61.4 Å². The van der Waals surface area contributed by atoms with Crippen LogP contribution < -0.4 is 10.6 Å². The number of urea groups is 1. The fraction of sp³-hybridized carbons (Fsp3) is 0.364. The molecule has 88 valence electrons. The predicted molar refractivity (Wildman–Crippen MR) is 64.9 cm³/mol. The van der Waals surface area contributed by atoms with E-state index < -0.39 is 0 Å². The number of amides is 2. The maximum absolute atomic E-state index is 11.4. The lowest BCUT2D eigenvalue weighted by Gasteiger charge is -2.09. The zero-order chi connectivity index (χ0) is 12.0. The molecule has 0 heterocycles. The van der Waals surface area contributed by atoms with E-state index >= 15 is 0 Å². The number of aryl methyl sites for hydroxylation is 1. The molecule has 0 saturated heterocycles. The van der Waals surface area contributed by atoms with Gasteiger partial charge in [-0.3, -0.25) is 0 Å². The quantitative estimate of drug-likeness (QED) is 0.709. The van der Waals surface area contributed by atoms with E-state index in [4.69, 9.17) is 16.7 Å². The maximum atomic E-state index is 11.4. The molecule has 1 rings (SSSR count). The Balaban J connectivity index is 2.53. The van der Waals surface area contributed by atoms with Crippen LogP contribution in [0.4, 0.5) is 10.5 Å². The van der Waals surface area contributed by atoms with Gasteiger partial charge in [0.1, 0.15) is 0 Å². The van der Waals surface area contributed by atoms with Crippen LogP contribution in [-0.2, 0) is 0 Å². The van der Waals surface area contributed by atoms with Crippen LogP contribution in [0.15, 0.2) is 18.2 Å². The molecule has 0 bridgehead atoms. The fourth-order valence-electron chi connectivity index (χ4n) is 1.19. The molecule has 16 heavy (non-hydrogen) atoms. The van der Waals surface area contributed by atoms with Gasteiger partial charge in [0.25, 0.3) is 0 Å². The van der Waals surface area contributed by atoms with Gasteiger partial charge in [-0.05, 0) is 25.0 Å². The first-order chi connectivity index (χ1) is 7.65. The second-order valence-corrected chi connectivity index (χ2v) is 3.77. The van der Waals surface area contributed by atoms with Crippen LogP contribution in [0.3, 0.4) is 0 Å². The van der Waals surface area contributed by atoms with Gasteiger partial charge >= 0.3 is 6.03 Å². The van der Waals surface area contributed by atoms with Gasteiger partial charge in [0.05, 0.1) is 10.7 Å². The van der Waals surface area contributed by atoms with Gasteiger partial charge in [-0.15, -0.1) is 0 Å². The van der Waals surface area contributed by atoms with Gasteiger partial charge in [-0.1, -0.05) is 23.7 Å². The smallest absolute Gasteiger partial charge is 0.319 e. The molecule has 5 heteroatoms. The van der Waals surface area contributed by atoms with E-state index in [0.717, 1.165) is 5.56 Å². The maximum Gasteiger partial charge on any atom is 0.319 e. The van der Waals surface area contributed by atoms with E-state index in [0.29, 0.717) is 23.7 Å². The summed E-state index contributed by atoms with van der Waals surface area (Å²) < 4.78 is 0. The second kappa shape index (κ2) is 6.35. The summed E-state index contributed by atoms with van der Waals surface area (Å²) in [6.45, 7) is 2.37. The molecule has 0 spiro atoms. The molecule has 0 fully saturated rings. The van der Waals surface area contributed by atoms with Crippen LogP contribution in [0.25, 0.3) is 0 Å². The van der Waals surface area contributed by atoms with Crippen molar-refractivity contribution in [2.75, 3.05) is 18.5 Å². The molecular weight excluding hydrogens is 228 g/mol. The van der Waals surface area contributed by atoms with Crippen molar-refractivity contribution in [2.24, 2.45) is 0 Å². The summed E-state index contributed by atoms with van der Waals surface area (Å²) >= 11 is 6.02. The van der Waals surface area contributed by atoms with Gasteiger partial charge in [0, 0.05) is 13.2 Å². The molecule has 0 atom stereocenters. The second-order valence-electron chi connectivity index (χ2n) is 3.39. The molecule has 0 aromatic heterocycles. The third kappa shape index (κ3) is 3.72. The Kier molecular flexibility index (Phi) is 5.08. The van der Waals surface area contributed by atoms with E-state index in [9.17, 15) is 4.79 Å². The SMILES string of the molecule is Cc1cccc(NC(=O)NCCCO)c1Cl. The Bertz CT molecular complexity index is 369. The molecule has 0 aliphatic heterocycles. The van der Waals surface area contributed by atoms with Crippen LogP contribution in [0.2, 0.25) is 5.02 Å². The Morgan fingerprint density at radius 1 is 1.50 bits per heavy atom. The van der Waals surface area contributed by atoms with Gasteiger partial charge in [-0.2, -0.15) is 0 Å². The van der Waals surface area contributed by atoms with E-state index in [1.54, 1.807) is 6.07 Å². The van der Waals surface area contributed by atoms with Crippen LogP contribution in [0.5, 0.6) is 0 Å². The van der Waals surface area contributed by atoms with Crippen LogP contribution in [-0.4, -0.2) is 24.3 Å². The van der Waals surface area contributed by atoms with Crippen molar-refractivity contribution in [3.63, 3.8) is 0 Å². The van der Waals surface area contributed by atoms with Gasteiger partial charge in [0.2, 0.25) is 0 Å². The van der Waals surface area contributed by atoms with Crippen molar-refractivity contribution in [2.45, 2.75) is 13.3 Å². The number of carbonyl (C=O) groups excluding carboxylic acids is 1. The number of aliphatic hydroxyl groups is 1. The molecule has 1 aromatic rings. The molecule has 3 N–H and O–H groups in total. The summed E-state index contributed by atoms with van der Waals surface area (Å²) in [7, 11) is 0. The Morgan fingerprint density at radius 3 is 2.94 bits per heavy atom. The minimum Gasteiger partial charge on any atom is -0.396 e. The summed E-state index contributed by atoms with van der Waals surface area (Å²) in [6, 6.07) is 5.11. The summed E-state index contributed by atoms with van der Waals surface area (Å²) in [5.41, 5.74) is 1.50. The number of hydrogen-bond donors (Lipinski definition) is 3. The predicted octanol–water partition coefficient (Wildman–Crippen LogP) is 2.15. The first kappa shape index (κ1) is 12.8. The zero-order valence-electron chi connectivity index (χ0n) is 9.09. The zero-order valence-corrected chi connectivity index (χ0v) is 9.84. The standard InChI is InChI=1S/C11H15ClN2O2/c1-8-4-2-5-9(10(8)12)14-11(16)13-6-3-7-15/h2,4-5,15H,3,6-7H2,1H3,(H2,13,14,16). The first-order valence-electron chi connectivity index (χ1n) is 5.06. The number of anilines is 1. The molecule has 0 unspecified atom stereocenters. The minimum absolute atomic E-state index is 0.0610. The number of rotatable bonds is 4. The summed E-state index contributed by atoms with van der Waals surface area (Å²) in [6.07, 6.45) is 0.537. The van der Waals surface area contributed by atoms with E-state index in [-0.39, 0.29) is 12.6 Å². The molecule has 4 nitrogen and oxygen atoms in total. The highest BCUT2D eigenvalue weighted by Crippen LogP contribution is 2.24. The molecule has 1 aromatic carbocycles. The van der Waals surface area contributed by atoms with Crippen LogP contribution in [0.1, 0.15) is 12.0 Å². The Morgan fingerprint density at radius 2 is 2.25 bits per heavy atom. The Hall–Kier alpha value is -1.26. The van der Waals surface area contributed by atoms with Gasteiger partial charge < -0.3 is 15.7 Å². The molecule has 0 saturated carbocycles. The van der Waals surface area contributed by atoms with Crippen molar-refractivity contribution in [3.05, 3.63) is 28.8 Å². The number of halogens is 1.